The molecule has 140 valence electrons. The molecule has 8 heteroatoms. The summed E-state index contributed by atoms with van der Waals surface area (Å²) in [7, 11) is 0. The summed E-state index contributed by atoms with van der Waals surface area (Å²) >= 11 is 0. The molecule has 2 aromatic rings. The minimum atomic E-state index is 0.170. The summed E-state index contributed by atoms with van der Waals surface area (Å²) in [5.74, 6) is 2.39. The van der Waals surface area contributed by atoms with Gasteiger partial charge in [0.15, 0.2) is 0 Å². The van der Waals surface area contributed by atoms with Crippen LogP contribution in [0.3, 0.4) is 0 Å². The number of furan rings is 1. The van der Waals surface area contributed by atoms with Crippen molar-refractivity contribution in [1.82, 2.24) is 29.9 Å². The zero-order valence-electron chi connectivity index (χ0n) is 15.0. The number of hydrogen-bond acceptors (Lipinski definition) is 6. The molecule has 4 rings (SSSR count). The lowest BCUT2D eigenvalue weighted by Crippen LogP contribution is -2.51. The number of hydrogen-bond donors (Lipinski definition) is 1. The lowest BCUT2D eigenvalue weighted by atomic mass is 9.95. The summed E-state index contributed by atoms with van der Waals surface area (Å²) in [5.41, 5.74) is 0. The summed E-state index contributed by atoms with van der Waals surface area (Å²) in [6, 6.07) is 3.93. The molecule has 0 aliphatic carbocycles. The van der Waals surface area contributed by atoms with E-state index in [2.05, 4.69) is 25.0 Å². The Morgan fingerprint density at radius 2 is 1.88 bits per heavy atom. The van der Waals surface area contributed by atoms with Gasteiger partial charge in [-0.15, -0.1) is 0 Å². The van der Waals surface area contributed by atoms with Gasteiger partial charge in [0.2, 0.25) is 5.91 Å². The molecule has 4 heterocycles. The Kier molecular flexibility index (Phi) is 5.31. The number of aromatic nitrogens is 3. The van der Waals surface area contributed by atoms with Crippen LogP contribution in [0.4, 0.5) is 0 Å². The van der Waals surface area contributed by atoms with Crippen LogP contribution in [-0.4, -0.2) is 75.1 Å². The molecule has 2 saturated heterocycles. The van der Waals surface area contributed by atoms with Gasteiger partial charge >= 0.3 is 0 Å². The van der Waals surface area contributed by atoms with Crippen molar-refractivity contribution in [3.8, 4) is 0 Å². The van der Waals surface area contributed by atoms with Crippen LogP contribution in [0.15, 0.2) is 29.1 Å². The van der Waals surface area contributed by atoms with E-state index in [1.54, 1.807) is 6.26 Å². The van der Waals surface area contributed by atoms with Gasteiger partial charge in [0.1, 0.15) is 17.9 Å². The summed E-state index contributed by atoms with van der Waals surface area (Å²) in [5, 5.41) is 6.78. The molecule has 0 radical (unpaired) electrons. The van der Waals surface area contributed by atoms with Gasteiger partial charge in [-0.1, -0.05) is 0 Å². The highest BCUT2D eigenvalue weighted by atomic mass is 16.3. The van der Waals surface area contributed by atoms with Crippen molar-refractivity contribution in [2.45, 2.75) is 25.9 Å². The van der Waals surface area contributed by atoms with Crippen LogP contribution in [0.5, 0.6) is 0 Å². The monoisotopic (exact) mass is 358 g/mol. The third kappa shape index (κ3) is 4.13. The van der Waals surface area contributed by atoms with E-state index in [1.807, 2.05) is 17.0 Å². The largest absolute Gasteiger partial charge is 0.468 e. The number of carbonyl (C=O) groups excluding carboxylic acids is 1. The van der Waals surface area contributed by atoms with Crippen molar-refractivity contribution in [3.05, 3.63) is 36.3 Å². The van der Waals surface area contributed by atoms with Gasteiger partial charge in [0, 0.05) is 32.1 Å². The predicted molar refractivity (Wildman–Crippen MR) is 94.9 cm³/mol. The van der Waals surface area contributed by atoms with E-state index in [1.165, 1.54) is 6.33 Å². The number of piperidine rings is 1. The van der Waals surface area contributed by atoms with Gasteiger partial charge in [-0.2, -0.15) is 5.10 Å². The second-order valence-corrected chi connectivity index (χ2v) is 7.16. The van der Waals surface area contributed by atoms with Gasteiger partial charge in [-0.05, 0) is 38.1 Å². The Bertz CT molecular complexity index is 612. The quantitative estimate of drug-likeness (QED) is 0.857. The number of rotatable bonds is 5. The molecule has 0 unspecified atom stereocenters. The highest BCUT2D eigenvalue weighted by Crippen LogP contribution is 2.22. The zero-order valence-corrected chi connectivity index (χ0v) is 15.0. The first kappa shape index (κ1) is 17.2. The normalized spacial score (nSPS) is 20.5. The summed E-state index contributed by atoms with van der Waals surface area (Å²) in [6.45, 7) is 6.93. The number of aromatic amines is 1. The molecule has 2 aliphatic rings. The average Bonchev–Trinajstić information content (AvgIpc) is 3.37. The first-order valence-electron chi connectivity index (χ1n) is 9.38. The van der Waals surface area contributed by atoms with E-state index in [9.17, 15) is 4.79 Å². The summed E-state index contributed by atoms with van der Waals surface area (Å²) in [6.07, 6.45) is 5.14. The van der Waals surface area contributed by atoms with Crippen molar-refractivity contribution in [3.63, 3.8) is 0 Å². The van der Waals surface area contributed by atoms with Crippen LogP contribution in [-0.2, 0) is 17.9 Å². The first-order valence-corrected chi connectivity index (χ1v) is 9.38. The van der Waals surface area contributed by atoms with Crippen LogP contribution < -0.4 is 0 Å². The fraction of sp³-hybridized carbons (Fsp3) is 0.611. The molecule has 0 atom stereocenters. The van der Waals surface area contributed by atoms with Crippen molar-refractivity contribution in [2.24, 2.45) is 5.92 Å². The smallest absolute Gasteiger partial charge is 0.225 e. The molecular formula is C18H26N6O2. The van der Waals surface area contributed by atoms with Crippen molar-refractivity contribution in [1.29, 1.82) is 0 Å². The highest BCUT2D eigenvalue weighted by molar-refractivity contribution is 5.79. The number of nitrogens with zero attached hydrogens (tertiary/aromatic N) is 5. The topological polar surface area (TPSA) is 81.5 Å². The molecule has 26 heavy (non-hydrogen) atoms. The van der Waals surface area contributed by atoms with Crippen LogP contribution >= 0.6 is 0 Å². The first-order chi connectivity index (χ1) is 12.8. The fourth-order valence-electron chi connectivity index (χ4n) is 3.86. The number of H-pyrrole nitrogens is 1. The molecule has 1 amide bonds. The SMILES string of the molecule is O=C(C1CCN(Cc2ccco2)CC1)N1CCN(Cc2ncn[nH]2)CC1. The Hall–Kier alpha value is -2.19. The van der Waals surface area contributed by atoms with Gasteiger partial charge in [0.05, 0.1) is 19.4 Å². The predicted octanol–water partition coefficient (Wildman–Crippen LogP) is 0.954. The number of carbonyl (C=O) groups is 1. The van der Waals surface area contributed by atoms with Crippen molar-refractivity contribution in [2.75, 3.05) is 39.3 Å². The van der Waals surface area contributed by atoms with Crippen molar-refractivity contribution < 1.29 is 9.21 Å². The molecule has 0 aromatic carbocycles. The number of amides is 1. The molecule has 2 aromatic heterocycles. The molecule has 1 N–H and O–H groups in total. The minimum absolute atomic E-state index is 0.170. The van der Waals surface area contributed by atoms with Gasteiger partial charge in [-0.25, -0.2) is 4.98 Å². The Morgan fingerprint density at radius 3 is 2.54 bits per heavy atom. The van der Waals surface area contributed by atoms with E-state index in [0.717, 1.165) is 76.8 Å². The third-order valence-electron chi connectivity index (χ3n) is 5.42. The number of nitrogens with one attached hydrogen (secondary N) is 1. The fourth-order valence-corrected chi connectivity index (χ4v) is 3.86. The Balaban J connectivity index is 1.20. The standard InChI is InChI=1S/C18H26N6O2/c25-18(15-3-5-22(6-4-15)12-16-2-1-11-26-16)24-9-7-23(8-10-24)13-17-19-14-20-21-17/h1-2,11,14-15H,3-10,12-13H2,(H,19,20,21). The molecule has 2 fully saturated rings. The Labute approximate surface area is 153 Å². The van der Waals surface area contributed by atoms with Crippen LogP contribution in [0.2, 0.25) is 0 Å². The van der Waals surface area contributed by atoms with E-state index in [4.69, 9.17) is 4.42 Å². The zero-order chi connectivity index (χ0) is 17.8. The van der Waals surface area contributed by atoms with E-state index >= 15 is 0 Å². The molecule has 2 aliphatic heterocycles. The van der Waals surface area contributed by atoms with Crippen LogP contribution in [0, 0.1) is 5.92 Å². The van der Waals surface area contributed by atoms with Crippen LogP contribution in [0.25, 0.3) is 0 Å². The maximum absolute atomic E-state index is 12.8. The third-order valence-corrected chi connectivity index (χ3v) is 5.42. The van der Waals surface area contributed by atoms with Crippen LogP contribution in [0.1, 0.15) is 24.4 Å². The molecular weight excluding hydrogens is 332 g/mol. The maximum Gasteiger partial charge on any atom is 0.225 e. The summed E-state index contributed by atoms with van der Waals surface area (Å²) < 4.78 is 5.42. The molecule has 0 saturated carbocycles. The number of likely N-dealkylation sites (tertiary alicyclic amines) is 1. The van der Waals surface area contributed by atoms with Crippen molar-refractivity contribution >= 4 is 5.91 Å². The van der Waals surface area contributed by atoms with E-state index in [0.29, 0.717) is 5.91 Å². The lowest BCUT2D eigenvalue weighted by molar-refractivity contribution is -0.139. The summed E-state index contributed by atoms with van der Waals surface area (Å²) in [4.78, 5) is 23.7. The highest BCUT2D eigenvalue weighted by Gasteiger charge is 2.30. The minimum Gasteiger partial charge on any atom is -0.468 e. The molecule has 8 nitrogen and oxygen atoms in total. The van der Waals surface area contributed by atoms with E-state index in [-0.39, 0.29) is 5.92 Å². The second kappa shape index (κ2) is 8.01. The van der Waals surface area contributed by atoms with Gasteiger partial charge in [-0.3, -0.25) is 19.7 Å². The maximum atomic E-state index is 12.8. The van der Waals surface area contributed by atoms with Gasteiger partial charge in [0.25, 0.3) is 0 Å². The second-order valence-electron chi connectivity index (χ2n) is 7.16. The lowest BCUT2D eigenvalue weighted by Gasteiger charge is -2.38. The Morgan fingerprint density at radius 1 is 1.12 bits per heavy atom. The number of piperazine rings is 1. The molecule has 0 spiro atoms. The average molecular weight is 358 g/mol. The van der Waals surface area contributed by atoms with Gasteiger partial charge < -0.3 is 9.32 Å². The van der Waals surface area contributed by atoms with E-state index < -0.39 is 0 Å². The molecule has 0 bridgehead atoms.